The molecule has 0 radical (unpaired) electrons. The van der Waals surface area contributed by atoms with E-state index in [1.165, 1.54) is 0 Å². The number of allylic oxidation sites excluding steroid dienone is 1. The summed E-state index contributed by atoms with van der Waals surface area (Å²) in [4.78, 5) is 34.6. The first-order valence-corrected chi connectivity index (χ1v) is 25.0. The molecule has 0 bridgehead atoms. The quantitative estimate of drug-likeness (QED) is 0.0576. The number of carbonyl (C=O) groups is 2. The lowest BCUT2D eigenvalue weighted by atomic mass is 9.58. The van der Waals surface area contributed by atoms with Crippen LogP contribution >= 0.6 is 0 Å². The van der Waals surface area contributed by atoms with Crippen molar-refractivity contribution in [1.82, 2.24) is 4.98 Å². The van der Waals surface area contributed by atoms with E-state index in [-0.39, 0.29) is 37.6 Å². The molecule has 0 saturated carbocycles. The SMILES string of the molecule is CC(C)(C)[Si](OCC1=C2[C@@H](CC/C(=C/c3ccc(O)c4ccccc34)c3ccccn3)OB(O)C[C@@H]2[C@@H]2C(=O)N(c3cc(C(F)(F)F)cc(C(F)(F)F)c3)C(=O)[C@@H]2C1)(c1ccccc1)c1ccccc1. The number of amides is 2. The van der Waals surface area contributed by atoms with Gasteiger partial charge in [-0.15, -0.1) is 0 Å². The molecule has 2 fully saturated rings. The van der Waals surface area contributed by atoms with Crippen LogP contribution in [0.5, 0.6) is 5.75 Å². The van der Waals surface area contributed by atoms with Crippen molar-refractivity contribution in [2.75, 3.05) is 11.5 Å². The maximum atomic E-state index is 14.8. The number of aromatic hydroxyl groups is 1. The van der Waals surface area contributed by atoms with E-state index < -0.39 is 85.3 Å². The Labute approximate surface area is 402 Å². The van der Waals surface area contributed by atoms with Crippen LogP contribution in [-0.4, -0.2) is 55.1 Å². The van der Waals surface area contributed by atoms with Crippen molar-refractivity contribution in [3.63, 3.8) is 0 Å². The van der Waals surface area contributed by atoms with Gasteiger partial charge in [-0.05, 0) is 117 Å². The van der Waals surface area contributed by atoms with Gasteiger partial charge < -0.3 is 19.2 Å². The van der Waals surface area contributed by atoms with Crippen LogP contribution in [0.4, 0.5) is 32.0 Å². The van der Waals surface area contributed by atoms with Crippen molar-refractivity contribution in [3.8, 4) is 5.75 Å². The molecule has 3 heterocycles. The number of benzene rings is 5. The van der Waals surface area contributed by atoms with E-state index in [1.807, 2.05) is 103 Å². The van der Waals surface area contributed by atoms with Crippen molar-refractivity contribution < 1.29 is 55.1 Å². The molecular weight excluding hydrogens is 925 g/mol. The fraction of sp³-hybridized carbons (Fsp3) is 0.278. The summed E-state index contributed by atoms with van der Waals surface area (Å²) in [7, 11) is -4.75. The zero-order valence-electron chi connectivity index (χ0n) is 38.5. The molecular formula is C54H49BF6N2O6Si. The van der Waals surface area contributed by atoms with E-state index in [4.69, 9.17) is 9.08 Å². The highest BCUT2D eigenvalue weighted by Crippen LogP contribution is 2.53. The van der Waals surface area contributed by atoms with Crippen molar-refractivity contribution >= 4 is 65.7 Å². The number of rotatable bonds is 11. The van der Waals surface area contributed by atoms with Gasteiger partial charge in [0.25, 0.3) is 8.32 Å². The second-order valence-electron chi connectivity index (χ2n) is 19.2. The van der Waals surface area contributed by atoms with Crippen molar-refractivity contribution in [3.05, 3.63) is 173 Å². The van der Waals surface area contributed by atoms with Crippen LogP contribution in [0.3, 0.4) is 0 Å². The van der Waals surface area contributed by atoms with Gasteiger partial charge in [-0.25, -0.2) is 4.90 Å². The van der Waals surface area contributed by atoms with Gasteiger partial charge in [0.05, 0.1) is 47.1 Å². The second-order valence-corrected chi connectivity index (χ2v) is 23.5. The number of pyridine rings is 1. The summed E-state index contributed by atoms with van der Waals surface area (Å²) in [6, 6.07) is 36.7. The number of anilines is 1. The molecule has 1 aliphatic carbocycles. The Kier molecular flexibility index (Phi) is 13.1. The summed E-state index contributed by atoms with van der Waals surface area (Å²) in [5.74, 6) is -5.16. The standard InChI is InChI=1S/C54H49BF6N2O6Si/c1-52(2,3)70(39-14-6-4-7-15-39,40-16-8-5-9-17-40)68-32-35-27-43-49(51(66)63(50(43)65)38-29-36(53(56,57)58)28-37(30-38)54(59,60)61)44-31-55(67)69-47(48(35)44)24-22-34(45-20-12-13-25-62-45)26-33-21-23-46(64)42-19-11-10-18-41(33)42/h4-21,23,25-26,28-30,43-44,47,49,64,67H,22,24,27,31-32H2,1-3H3/b34-26-/t43-,44+,47-,49-/m1/s1. The number of aromatic nitrogens is 1. The number of halogens is 6. The molecule has 9 rings (SSSR count). The second kappa shape index (κ2) is 18.8. The Bertz CT molecular complexity index is 2930. The lowest BCUT2D eigenvalue weighted by Crippen LogP contribution is -2.66. The molecule has 2 N–H and O–H groups in total. The molecule has 4 atom stereocenters. The normalized spacial score (nSPS) is 20.3. The molecule has 6 aromatic rings. The highest BCUT2D eigenvalue weighted by molar-refractivity contribution is 6.99. The van der Waals surface area contributed by atoms with Gasteiger partial charge in [-0.2, -0.15) is 26.3 Å². The molecule has 5 aromatic carbocycles. The Morgan fingerprint density at radius 2 is 1.39 bits per heavy atom. The van der Waals surface area contributed by atoms with E-state index >= 15 is 0 Å². The van der Waals surface area contributed by atoms with Crippen molar-refractivity contribution in [2.45, 2.75) is 69.8 Å². The smallest absolute Gasteiger partial charge is 0.455 e. The third kappa shape index (κ3) is 9.13. The number of fused-ring (bicyclic) bond motifs is 4. The maximum Gasteiger partial charge on any atom is 0.455 e. The van der Waals surface area contributed by atoms with E-state index in [2.05, 4.69) is 25.8 Å². The predicted molar refractivity (Wildman–Crippen MR) is 259 cm³/mol. The minimum absolute atomic E-state index is 0.0429. The molecule has 0 spiro atoms. The Morgan fingerprint density at radius 1 is 0.786 bits per heavy atom. The number of imide groups is 1. The number of nitrogens with zero attached hydrogens (tertiary/aromatic N) is 2. The first kappa shape index (κ1) is 48.7. The first-order valence-electron chi connectivity index (χ1n) is 23.1. The molecule has 8 nitrogen and oxygen atoms in total. The van der Waals surface area contributed by atoms with Crippen LogP contribution in [0.2, 0.25) is 11.4 Å². The highest BCUT2D eigenvalue weighted by Gasteiger charge is 2.59. The van der Waals surface area contributed by atoms with Crippen molar-refractivity contribution in [1.29, 1.82) is 0 Å². The van der Waals surface area contributed by atoms with E-state index in [0.29, 0.717) is 45.7 Å². The van der Waals surface area contributed by atoms with Gasteiger partial charge in [-0.3, -0.25) is 14.6 Å². The van der Waals surface area contributed by atoms with Gasteiger partial charge in [0, 0.05) is 11.6 Å². The fourth-order valence-electron chi connectivity index (χ4n) is 10.9. The van der Waals surface area contributed by atoms with Crippen molar-refractivity contribution in [2.24, 2.45) is 17.8 Å². The Hall–Kier alpha value is -6.33. The van der Waals surface area contributed by atoms with Crippen LogP contribution in [0.1, 0.15) is 62.4 Å². The van der Waals surface area contributed by atoms with Gasteiger partial charge >= 0.3 is 19.5 Å². The molecule has 0 unspecified atom stereocenters. The molecule has 360 valence electrons. The third-order valence-corrected chi connectivity index (χ3v) is 18.9. The monoisotopic (exact) mass is 974 g/mol. The molecule has 70 heavy (non-hydrogen) atoms. The van der Waals surface area contributed by atoms with Crippen LogP contribution in [0.25, 0.3) is 22.4 Å². The number of carbonyl (C=O) groups excluding carboxylic acids is 2. The molecule has 2 amide bonds. The average Bonchev–Trinajstić information content (AvgIpc) is 3.59. The van der Waals surface area contributed by atoms with Crippen LogP contribution < -0.4 is 15.3 Å². The van der Waals surface area contributed by atoms with Crippen LogP contribution in [-0.2, 0) is 31.0 Å². The lowest BCUT2D eigenvalue weighted by Gasteiger charge is -2.46. The van der Waals surface area contributed by atoms with E-state index in [9.17, 15) is 46.1 Å². The van der Waals surface area contributed by atoms with Crippen LogP contribution in [0, 0.1) is 17.8 Å². The Morgan fingerprint density at radius 3 is 1.97 bits per heavy atom. The van der Waals surface area contributed by atoms with Gasteiger partial charge in [0.2, 0.25) is 11.8 Å². The number of hydrogen-bond acceptors (Lipinski definition) is 7. The van der Waals surface area contributed by atoms with E-state index in [1.54, 1.807) is 24.4 Å². The van der Waals surface area contributed by atoms with E-state index in [0.717, 1.165) is 26.9 Å². The topological polar surface area (TPSA) is 109 Å². The number of phenols is 1. The average molecular weight is 975 g/mol. The summed E-state index contributed by atoms with van der Waals surface area (Å²) >= 11 is 0. The van der Waals surface area contributed by atoms with Gasteiger partial charge in [-0.1, -0.05) is 118 Å². The summed E-state index contributed by atoms with van der Waals surface area (Å²) < 4.78 is 99.0. The summed E-state index contributed by atoms with van der Waals surface area (Å²) in [5, 5.41) is 25.1. The Balaban J connectivity index is 1.17. The minimum Gasteiger partial charge on any atom is -0.507 e. The largest absolute Gasteiger partial charge is 0.507 e. The number of alkyl halides is 6. The third-order valence-electron chi connectivity index (χ3n) is 14.0. The first-order chi connectivity index (χ1) is 33.3. The molecule has 2 aliphatic heterocycles. The molecule has 16 heteroatoms. The minimum atomic E-state index is -5.23. The zero-order valence-corrected chi connectivity index (χ0v) is 39.5. The maximum absolute atomic E-state index is 14.8. The summed E-state index contributed by atoms with van der Waals surface area (Å²) in [5.41, 5.74) is -0.737. The number of hydrogen-bond donors (Lipinski definition) is 2. The van der Waals surface area contributed by atoms with Gasteiger partial charge in [0.1, 0.15) is 5.75 Å². The highest BCUT2D eigenvalue weighted by atomic mass is 28.4. The summed E-state index contributed by atoms with van der Waals surface area (Å²) in [6.45, 7) is 6.24. The number of phenolic OH excluding ortho intramolecular Hbond substituents is 1. The van der Waals surface area contributed by atoms with Gasteiger partial charge in [0.15, 0.2) is 0 Å². The fourth-order valence-corrected chi connectivity index (χ4v) is 15.5. The molecule has 2 saturated heterocycles. The zero-order chi connectivity index (χ0) is 49.8. The predicted octanol–water partition coefficient (Wildman–Crippen LogP) is 10.9. The van der Waals surface area contributed by atoms with Crippen LogP contribution in [0.15, 0.2) is 151 Å². The molecule has 1 aromatic heterocycles. The molecule has 3 aliphatic rings. The summed E-state index contributed by atoms with van der Waals surface area (Å²) in [6.07, 6.45) is -7.49. The lowest BCUT2D eigenvalue weighted by molar-refractivity contribution is -0.143.